The standard InChI is InChI=1S/C28H24F2N4O4S/c1-38-23-17-19(10-11-22(23)32-39(37)24-9-2-5-18-6-4-12-31-26(18)24)27(35)33-13-15-34(16-14-33)28(36)20-7-3-8-21(29)25(20)30/h2-12,17,32H,13-16H2,1H3. The molecule has 0 aliphatic carbocycles. The summed E-state index contributed by atoms with van der Waals surface area (Å²) in [5, 5.41) is 0.862. The van der Waals surface area contributed by atoms with E-state index in [-0.39, 0.29) is 37.6 Å². The molecule has 5 rings (SSSR count). The first kappa shape index (κ1) is 26.4. The summed E-state index contributed by atoms with van der Waals surface area (Å²) in [7, 11) is 1.45. The second-order valence-electron chi connectivity index (χ2n) is 8.80. The van der Waals surface area contributed by atoms with Gasteiger partial charge in [0, 0.05) is 43.3 Å². The number of para-hydroxylation sites is 1. The molecule has 1 atom stereocenters. The van der Waals surface area contributed by atoms with E-state index in [1.165, 1.54) is 24.1 Å². The Hall–Kier alpha value is -4.22. The van der Waals surface area contributed by atoms with Gasteiger partial charge in [-0.25, -0.2) is 8.78 Å². The van der Waals surface area contributed by atoms with Crippen LogP contribution in [0.1, 0.15) is 20.7 Å². The first-order valence-electron chi connectivity index (χ1n) is 12.1. The molecule has 0 bridgehead atoms. The van der Waals surface area contributed by atoms with Crippen molar-refractivity contribution in [3.05, 3.63) is 95.7 Å². The second kappa shape index (κ2) is 11.3. The highest BCUT2D eigenvalue weighted by molar-refractivity contribution is 7.93. The number of hydrogen-bond acceptors (Lipinski definition) is 6. The van der Waals surface area contributed by atoms with Crippen molar-refractivity contribution in [2.24, 2.45) is 0 Å². The molecular weight excluding hydrogens is 526 g/mol. The summed E-state index contributed by atoms with van der Waals surface area (Å²) in [6, 6.07) is 17.4. The fraction of sp³-hybridized carbons (Fsp3) is 0.179. The number of nitrogens with one attached hydrogen (secondary N) is 1. The number of methoxy groups -OCH3 is 1. The molecule has 1 saturated heterocycles. The minimum Gasteiger partial charge on any atom is -0.588 e. The Morgan fingerprint density at radius 2 is 1.64 bits per heavy atom. The van der Waals surface area contributed by atoms with Crippen molar-refractivity contribution < 1.29 is 27.7 Å². The van der Waals surface area contributed by atoms with Crippen LogP contribution in [-0.2, 0) is 11.4 Å². The van der Waals surface area contributed by atoms with Gasteiger partial charge in [0.25, 0.3) is 11.8 Å². The average Bonchev–Trinajstić information content (AvgIpc) is 2.97. The minimum atomic E-state index is -1.65. The van der Waals surface area contributed by atoms with E-state index >= 15 is 0 Å². The van der Waals surface area contributed by atoms with E-state index in [2.05, 4.69) is 9.71 Å². The first-order valence-corrected chi connectivity index (χ1v) is 13.2. The van der Waals surface area contributed by atoms with E-state index in [0.717, 1.165) is 11.5 Å². The van der Waals surface area contributed by atoms with Gasteiger partial charge in [-0.1, -0.05) is 24.3 Å². The van der Waals surface area contributed by atoms with Crippen LogP contribution in [0.3, 0.4) is 0 Å². The number of anilines is 1. The molecule has 2 heterocycles. The normalized spacial score (nSPS) is 14.3. The average molecular weight is 551 g/mol. The van der Waals surface area contributed by atoms with E-state index in [9.17, 15) is 22.9 Å². The SMILES string of the molecule is COc1cc(C(=O)N2CCN(C(=O)c3cccc(F)c3F)CC2)ccc1N[S+]([O-])c1cccc2cccnc12. The third-order valence-electron chi connectivity index (χ3n) is 6.48. The Balaban J connectivity index is 1.26. The third kappa shape index (κ3) is 5.36. The van der Waals surface area contributed by atoms with Crippen LogP contribution in [0.15, 0.2) is 77.8 Å². The Morgan fingerprint density at radius 3 is 2.38 bits per heavy atom. The molecule has 1 aromatic heterocycles. The summed E-state index contributed by atoms with van der Waals surface area (Å²) in [4.78, 5) is 33.7. The molecule has 0 saturated carbocycles. The molecular formula is C28H24F2N4O4S. The van der Waals surface area contributed by atoms with Crippen LogP contribution >= 0.6 is 0 Å². The highest BCUT2D eigenvalue weighted by atomic mass is 32.2. The van der Waals surface area contributed by atoms with Crippen LogP contribution < -0.4 is 9.46 Å². The number of rotatable bonds is 6. The lowest BCUT2D eigenvalue weighted by atomic mass is 10.1. The molecule has 3 aromatic carbocycles. The topological polar surface area (TPSA) is 97.8 Å². The molecule has 1 aliphatic heterocycles. The van der Waals surface area contributed by atoms with Gasteiger partial charge in [-0.15, -0.1) is 0 Å². The zero-order chi connectivity index (χ0) is 27.5. The molecule has 1 unspecified atom stereocenters. The molecule has 1 N–H and O–H groups in total. The van der Waals surface area contributed by atoms with Crippen molar-refractivity contribution in [2.75, 3.05) is 38.0 Å². The molecule has 200 valence electrons. The summed E-state index contributed by atoms with van der Waals surface area (Å²) in [5.74, 6) is -2.83. The van der Waals surface area contributed by atoms with E-state index in [0.29, 0.717) is 27.4 Å². The number of carbonyl (C=O) groups excluding carboxylic acids is 2. The predicted octanol–water partition coefficient (Wildman–Crippen LogP) is 4.25. The van der Waals surface area contributed by atoms with Crippen LogP contribution in [0.5, 0.6) is 5.75 Å². The maximum absolute atomic E-state index is 14.1. The lowest BCUT2D eigenvalue weighted by Crippen LogP contribution is -2.50. The van der Waals surface area contributed by atoms with Gasteiger partial charge in [0.1, 0.15) is 28.3 Å². The summed E-state index contributed by atoms with van der Waals surface area (Å²) in [6.45, 7) is 0.800. The Morgan fingerprint density at radius 1 is 0.949 bits per heavy atom. The number of benzene rings is 3. The van der Waals surface area contributed by atoms with Crippen LogP contribution in [-0.4, -0.2) is 64.4 Å². The van der Waals surface area contributed by atoms with Crippen molar-refractivity contribution in [2.45, 2.75) is 4.90 Å². The van der Waals surface area contributed by atoms with Crippen molar-refractivity contribution in [1.82, 2.24) is 14.8 Å². The number of pyridine rings is 1. The van der Waals surface area contributed by atoms with Gasteiger partial charge in [0.15, 0.2) is 11.6 Å². The zero-order valence-electron chi connectivity index (χ0n) is 20.9. The lowest BCUT2D eigenvalue weighted by molar-refractivity contribution is 0.0532. The third-order valence-corrected chi connectivity index (χ3v) is 7.62. The van der Waals surface area contributed by atoms with E-state index in [4.69, 9.17) is 4.74 Å². The summed E-state index contributed by atoms with van der Waals surface area (Å²) in [5.41, 5.74) is 1.08. The van der Waals surface area contributed by atoms with Crippen LogP contribution in [0.25, 0.3) is 10.9 Å². The predicted molar refractivity (Wildman–Crippen MR) is 143 cm³/mol. The van der Waals surface area contributed by atoms with Crippen LogP contribution in [0.4, 0.5) is 14.5 Å². The van der Waals surface area contributed by atoms with Crippen LogP contribution in [0.2, 0.25) is 0 Å². The van der Waals surface area contributed by atoms with Gasteiger partial charge >= 0.3 is 0 Å². The molecule has 2 amide bonds. The molecule has 4 aromatic rings. The van der Waals surface area contributed by atoms with Crippen molar-refractivity contribution in [3.8, 4) is 5.75 Å². The van der Waals surface area contributed by atoms with Gasteiger partial charge in [0.2, 0.25) is 4.90 Å². The van der Waals surface area contributed by atoms with Gasteiger partial charge < -0.3 is 19.1 Å². The number of carbonyl (C=O) groups is 2. The number of nitrogens with zero attached hydrogens (tertiary/aromatic N) is 3. The number of ether oxygens (including phenoxy) is 1. The van der Waals surface area contributed by atoms with Gasteiger partial charge in [-0.3, -0.25) is 14.6 Å². The highest BCUT2D eigenvalue weighted by Gasteiger charge is 2.28. The number of halogens is 2. The highest BCUT2D eigenvalue weighted by Crippen LogP contribution is 2.30. The van der Waals surface area contributed by atoms with Gasteiger partial charge in [-0.05, 0) is 42.5 Å². The number of piperazine rings is 1. The Kier molecular flexibility index (Phi) is 7.62. The molecule has 1 aliphatic rings. The van der Waals surface area contributed by atoms with Crippen molar-refractivity contribution >= 4 is 39.8 Å². The van der Waals surface area contributed by atoms with Crippen molar-refractivity contribution in [1.29, 1.82) is 0 Å². The largest absolute Gasteiger partial charge is 0.588 e. The molecule has 39 heavy (non-hydrogen) atoms. The zero-order valence-corrected chi connectivity index (χ0v) is 21.7. The molecule has 1 fully saturated rings. The fourth-order valence-corrected chi connectivity index (χ4v) is 5.45. The van der Waals surface area contributed by atoms with Crippen molar-refractivity contribution in [3.63, 3.8) is 0 Å². The first-order chi connectivity index (χ1) is 18.9. The molecule has 11 heteroatoms. The second-order valence-corrected chi connectivity index (χ2v) is 9.98. The Bertz CT molecular complexity index is 1540. The lowest BCUT2D eigenvalue weighted by Gasteiger charge is -2.35. The monoisotopic (exact) mass is 550 g/mol. The maximum atomic E-state index is 14.1. The number of amides is 2. The maximum Gasteiger partial charge on any atom is 0.257 e. The smallest absolute Gasteiger partial charge is 0.257 e. The van der Waals surface area contributed by atoms with Gasteiger partial charge in [0.05, 0.1) is 12.7 Å². The van der Waals surface area contributed by atoms with E-state index in [1.54, 1.807) is 41.4 Å². The quantitative estimate of drug-likeness (QED) is 0.361. The van der Waals surface area contributed by atoms with Gasteiger partial charge in [-0.2, -0.15) is 4.72 Å². The molecule has 8 nitrogen and oxygen atoms in total. The van der Waals surface area contributed by atoms with Crippen LogP contribution in [0, 0.1) is 11.6 Å². The summed E-state index contributed by atoms with van der Waals surface area (Å²) >= 11 is -1.65. The number of hydrogen-bond donors (Lipinski definition) is 1. The summed E-state index contributed by atoms with van der Waals surface area (Å²) < 4.78 is 49.1. The molecule has 0 spiro atoms. The molecule has 0 radical (unpaired) electrons. The summed E-state index contributed by atoms with van der Waals surface area (Å²) in [6.07, 6.45) is 1.64. The fourth-order valence-electron chi connectivity index (χ4n) is 4.42. The Labute approximate surface area is 226 Å². The number of fused-ring (bicyclic) bond motifs is 1. The number of aromatic nitrogens is 1. The van der Waals surface area contributed by atoms with E-state index < -0.39 is 28.9 Å². The van der Waals surface area contributed by atoms with E-state index in [1.807, 2.05) is 18.2 Å². The minimum absolute atomic E-state index is 0.176.